The first-order valence-electron chi connectivity index (χ1n) is 4.59. The van der Waals surface area contributed by atoms with E-state index in [1.807, 2.05) is 0 Å². The van der Waals surface area contributed by atoms with Crippen molar-refractivity contribution in [2.45, 2.75) is 13.0 Å². The SMILES string of the molecule is COC(=O)c1cc(CO)cc(C#N)c1C(F)F. The van der Waals surface area contributed by atoms with Crippen LogP contribution in [-0.2, 0) is 11.3 Å². The fraction of sp³-hybridized carbons (Fsp3) is 0.273. The highest BCUT2D eigenvalue weighted by atomic mass is 19.3. The Kier molecular flexibility index (Phi) is 4.12. The van der Waals surface area contributed by atoms with Crippen LogP contribution in [0.3, 0.4) is 0 Å². The molecule has 1 rings (SSSR count). The Morgan fingerprint density at radius 1 is 1.59 bits per heavy atom. The number of alkyl halides is 2. The first-order chi connectivity index (χ1) is 8.04. The number of hydrogen-bond acceptors (Lipinski definition) is 4. The number of rotatable bonds is 3. The van der Waals surface area contributed by atoms with Crippen LogP contribution in [0, 0.1) is 11.3 Å². The van der Waals surface area contributed by atoms with Crippen LogP contribution < -0.4 is 0 Å². The highest BCUT2D eigenvalue weighted by Gasteiger charge is 2.23. The molecule has 1 aromatic carbocycles. The molecule has 1 N–H and O–H groups in total. The van der Waals surface area contributed by atoms with Gasteiger partial charge in [0.05, 0.1) is 30.9 Å². The van der Waals surface area contributed by atoms with Gasteiger partial charge in [0, 0.05) is 5.56 Å². The van der Waals surface area contributed by atoms with Crippen LogP contribution in [0.25, 0.3) is 0 Å². The normalized spacial score (nSPS) is 10.1. The molecule has 6 heteroatoms. The Balaban J connectivity index is 3.53. The van der Waals surface area contributed by atoms with E-state index in [2.05, 4.69) is 4.74 Å². The molecule has 4 nitrogen and oxygen atoms in total. The number of hydrogen-bond donors (Lipinski definition) is 1. The molecule has 0 fully saturated rings. The number of halogens is 2. The Bertz CT molecular complexity index is 480. The topological polar surface area (TPSA) is 70.3 Å². The minimum atomic E-state index is -2.97. The van der Waals surface area contributed by atoms with Crippen LogP contribution in [0.5, 0.6) is 0 Å². The van der Waals surface area contributed by atoms with E-state index in [0.29, 0.717) is 0 Å². The number of ether oxygens (including phenoxy) is 1. The maximum Gasteiger partial charge on any atom is 0.338 e. The van der Waals surface area contributed by atoms with Crippen molar-refractivity contribution >= 4 is 5.97 Å². The van der Waals surface area contributed by atoms with Gasteiger partial charge < -0.3 is 9.84 Å². The van der Waals surface area contributed by atoms with Crippen molar-refractivity contribution in [1.29, 1.82) is 5.26 Å². The summed E-state index contributed by atoms with van der Waals surface area (Å²) in [6.45, 7) is -0.456. The smallest absolute Gasteiger partial charge is 0.338 e. The fourth-order valence-electron chi connectivity index (χ4n) is 1.41. The first-order valence-corrected chi connectivity index (χ1v) is 4.59. The molecule has 0 bridgehead atoms. The van der Waals surface area contributed by atoms with Crippen molar-refractivity contribution in [2.75, 3.05) is 7.11 Å². The van der Waals surface area contributed by atoms with E-state index in [4.69, 9.17) is 10.4 Å². The number of benzene rings is 1. The third kappa shape index (κ3) is 2.57. The van der Waals surface area contributed by atoms with Gasteiger partial charge in [-0.15, -0.1) is 0 Å². The lowest BCUT2D eigenvalue weighted by Crippen LogP contribution is -2.09. The van der Waals surface area contributed by atoms with Crippen LogP contribution in [0.15, 0.2) is 12.1 Å². The molecule has 0 spiro atoms. The summed E-state index contributed by atoms with van der Waals surface area (Å²) in [6, 6.07) is 3.78. The lowest BCUT2D eigenvalue weighted by Gasteiger charge is -2.10. The minimum absolute atomic E-state index is 0.200. The summed E-state index contributed by atoms with van der Waals surface area (Å²) in [5.74, 6) is -0.966. The van der Waals surface area contributed by atoms with Crippen molar-refractivity contribution < 1.29 is 23.4 Å². The predicted molar refractivity (Wildman–Crippen MR) is 53.4 cm³/mol. The van der Waals surface area contributed by atoms with Gasteiger partial charge in [0.15, 0.2) is 0 Å². The average molecular weight is 241 g/mol. The van der Waals surface area contributed by atoms with Crippen LogP contribution in [0.1, 0.15) is 33.5 Å². The highest BCUT2D eigenvalue weighted by molar-refractivity contribution is 5.92. The second kappa shape index (κ2) is 5.37. The zero-order valence-electron chi connectivity index (χ0n) is 8.91. The maximum absolute atomic E-state index is 12.8. The van der Waals surface area contributed by atoms with E-state index >= 15 is 0 Å². The van der Waals surface area contributed by atoms with Gasteiger partial charge in [-0.25, -0.2) is 13.6 Å². The second-order valence-corrected chi connectivity index (χ2v) is 3.17. The van der Waals surface area contributed by atoms with E-state index in [1.165, 1.54) is 0 Å². The lowest BCUT2D eigenvalue weighted by molar-refractivity contribution is 0.0589. The third-order valence-corrected chi connectivity index (χ3v) is 2.17. The number of carbonyl (C=O) groups excluding carboxylic acids is 1. The molecule has 0 unspecified atom stereocenters. The number of nitrogens with zero attached hydrogens (tertiary/aromatic N) is 1. The van der Waals surface area contributed by atoms with Crippen molar-refractivity contribution in [3.8, 4) is 6.07 Å². The van der Waals surface area contributed by atoms with Crippen molar-refractivity contribution in [2.24, 2.45) is 0 Å². The average Bonchev–Trinajstić information content (AvgIpc) is 2.35. The monoisotopic (exact) mass is 241 g/mol. The summed E-state index contributed by atoms with van der Waals surface area (Å²) >= 11 is 0. The molecule has 0 radical (unpaired) electrons. The summed E-state index contributed by atoms with van der Waals surface area (Å²) in [4.78, 5) is 11.3. The summed E-state index contributed by atoms with van der Waals surface area (Å²) in [5, 5.41) is 17.7. The predicted octanol–water partition coefficient (Wildman–Crippen LogP) is 1.77. The summed E-state index contributed by atoms with van der Waals surface area (Å²) in [7, 11) is 1.05. The van der Waals surface area contributed by atoms with E-state index in [-0.39, 0.29) is 11.1 Å². The minimum Gasteiger partial charge on any atom is -0.465 e. The van der Waals surface area contributed by atoms with Gasteiger partial charge in [-0.1, -0.05) is 0 Å². The van der Waals surface area contributed by atoms with Crippen LogP contribution in [0.4, 0.5) is 8.78 Å². The van der Waals surface area contributed by atoms with Crippen molar-refractivity contribution in [3.63, 3.8) is 0 Å². The third-order valence-electron chi connectivity index (χ3n) is 2.17. The molecule has 0 amide bonds. The number of carbonyl (C=O) groups is 1. The number of esters is 1. The molecule has 0 aliphatic heterocycles. The maximum atomic E-state index is 12.8. The number of aliphatic hydroxyl groups is 1. The van der Waals surface area contributed by atoms with E-state index in [1.54, 1.807) is 6.07 Å². The zero-order valence-corrected chi connectivity index (χ0v) is 8.91. The number of aliphatic hydroxyl groups excluding tert-OH is 1. The van der Waals surface area contributed by atoms with Gasteiger partial charge in [-0.3, -0.25) is 0 Å². The summed E-state index contributed by atoms with van der Waals surface area (Å²) in [6.07, 6.45) is -2.97. The molecule has 1 aromatic rings. The Morgan fingerprint density at radius 2 is 2.24 bits per heavy atom. The quantitative estimate of drug-likeness (QED) is 0.819. The highest BCUT2D eigenvalue weighted by Crippen LogP contribution is 2.28. The van der Waals surface area contributed by atoms with Crippen molar-refractivity contribution in [3.05, 3.63) is 34.4 Å². The van der Waals surface area contributed by atoms with E-state index < -0.39 is 30.1 Å². The van der Waals surface area contributed by atoms with Crippen LogP contribution in [0.2, 0.25) is 0 Å². The lowest BCUT2D eigenvalue weighted by atomic mass is 9.98. The Morgan fingerprint density at radius 3 is 2.65 bits per heavy atom. The van der Waals surface area contributed by atoms with Gasteiger partial charge >= 0.3 is 5.97 Å². The van der Waals surface area contributed by atoms with Gasteiger partial charge in [-0.05, 0) is 17.7 Å². The molecule has 0 saturated heterocycles. The van der Waals surface area contributed by atoms with Gasteiger partial charge in [0.1, 0.15) is 0 Å². The first kappa shape index (κ1) is 13.1. The van der Waals surface area contributed by atoms with Gasteiger partial charge in [-0.2, -0.15) is 5.26 Å². The largest absolute Gasteiger partial charge is 0.465 e. The van der Waals surface area contributed by atoms with Gasteiger partial charge in [0.25, 0.3) is 6.43 Å². The van der Waals surface area contributed by atoms with E-state index in [9.17, 15) is 13.6 Å². The molecular weight excluding hydrogens is 232 g/mol. The van der Waals surface area contributed by atoms with Crippen molar-refractivity contribution in [1.82, 2.24) is 0 Å². The molecule has 0 aromatic heterocycles. The second-order valence-electron chi connectivity index (χ2n) is 3.17. The molecule has 90 valence electrons. The molecule has 0 saturated carbocycles. The Hall–Kier alpha value is -2.00. The van der Waals surface area contributed by atoms with E-state index in [0.717, 1.165) is 19.2 Å². The summed E-state index contributed by atoms with van der Waals surface area (Å²) < 4.78 is 29.9. The molecule has 0 heterocycles. The summed E-state index contributed by atoms with van der Waals surface area (Å²) in [5.41, 5.74) is -1.21. The van der Waals surface area contributed by atoms with Crippen LogP contribution in [-0.4, -0.2) is 18.2 Å². The molecule has 0 aliphatic carbocycles. The number of methoxy groups -OCH3 is 1. The number of nitriles is 1. The Labute approximate surface area is 96.0 Å². The molecule has 0 aliphatic rings. The fourth-order valence-corrected chi connectivity index (χ4v) is 1.41. The standard InChI is InChI=1S/C11H9F2NO3/c1-17-11(16)8-3-6(5-15)2-7(4-14)9(8)10(12)13/h2-3,10,15H,5H2,1H3. The van der Waals surface area contributed by atoms with Gasteiger partial charge in [0.2, 0.25) is 0 Å². The molecular formula is C11H9F2NO3. The molecule has 17 heavy (non-hydrogen) atoms. The zero-order chi connectivity index (χ0) is 13.0. The molecule has 0 atom stereocenters. The van der Waals surface area contributed by atoms with Crippen LogP contribution >= 0.6 is 0 Å².